The summed E-state index contributed by atoms with van der Waals surface area (Å²) in [4.78, 5) is 9.61. The van der Waals surface area contributed by atoms with Crippen LogP contribution in [0.4, 0.5) is 0 Å². The lowest BCUT2D eigenvalue weighted by atomic mass is 9.87. The van der Waals surface area contributed by atoms with E-state index in [0.717, 1.165) is 32.8 Å². The van der Waals surface area contributed by atoms with Gasteiger partial charge in [-0.15, -0.1) is 22.7 Å². The molecule has 130 valence electrons. The van der Waals surface area contributed by atoms with Gasteiger partial charge in [-0.25, -0.2) is 0 Å². The van der Waals surface area contributed by atoms with Crippen molar-refractivity contribution < 1.29 is 4.74 Å². The molecule has 0 aromatic carbocycles. The average Bonchev–Trinajstić information content (AvgIpc) is 3.25. The summed E-state index contributed by atoms with van der Waals surface area (Å²) in [5.74, 6) is 0. The highest BCUT2D eigenvalue weighted by molar-refractivity contribution is 7.11. The van der Waals surface area contributed by atoms with Crippen LogP contribution < -0.4 is 0 Å². The first-order valence-electron chi connectivity index (χ1n) is 8.81. The van der Waals surface area contributed by atoms with Gasteiger partial charge in [0.15, 0.2) is 0 Å². The van der Waals surface area contributed by atoms with Gasteiger partial charge in [-0.1, -0.05) is 6.07 Å². The van der Waals surface area contributed by atoms with Crippen molar-refractivity contribution in [3.63, 3.8) is 0 Å². The van der Waals surface area contributed by atoms with E-state index in [1.807, 2.05) is 22.7 Å². The monoisotopic (exact) mass is 362 g/mol. The molecule has 0 saturated carbocycles. The number of rotatable bonds is 4. The topological polar surface area (TPSA) is 15.7 Å². The quantitative estimate of drug-likeness (QED) is 0.822. The van der Waals surface area contributed by atoms with Crippen LogP contribution in [-0.2, 0) is 17.8 Å². The van der Waals surface area contributed by atoms with Crippen molar-refractivity contribution in [1.29, 1.82) is 0 Å². The number of aryl methyl sites for hydroxylation is 1. The standard InChI is InChI=1S/C19H26N2OS2/c1-16-4-5-18(24-16)12-21-8-9-22-15-19(14-21)6-7-20(13-19)11-17-3-2-10-23-17/h2-5,10H,6-9,11-15H2,1H3/t19-/m0/s1. The second kappa shape index (κ2) is 7.26. The number of thiophene rings is 2. The maximum absolute atomic E-state index is 6.03. The van der Waals surface area contributed by atoms with E-state index in [0.29, 0.717) is 5.41 Å². The van der Waals surface area contributed by atoms with Crippen LogP contribution in [0.5, 0.6) is 0 Å². The van der Waals surface area contributed by atoms with E-state index in [1.54, 1.807) is 0 Å². The van der Waals surface area contributed by atoms with Crippen LogP contribution in [0.15, 0.2) is 29.6 Å². The molecule has 1 spiro atoms. The predicted octanol–water partition coefficient (Wildman–Crippen LogP) is 3.84. The van der Waals surface area contributed by atoms with Gasteiger partial charge >= 0.3 is 0 Å². The Labute approximate surface area is 152 Å². The van der Waals surface area contributed by atoms with Crippen LogP contribution in [0.25, 0.3) is 0 Å². The minimum atomic E-state index is 0.320. The van der Waals surface area contributed by atoms with Crippen LogP contribution in [-0.4, -0.2) is 49.2 Å². The van der Waals surface area contributed by atoms with Gasteiger partial charge in [-0.3, -0.25) is 9.80 Å². The molecule has 5 heteroatoms. The molecule has 4 heterocycles. The van der Waals surface area contributed by atoms with Gasteiger partial charge in [0.1, 0.15) is 0 Å². The summed E-state index contributed by atoms with van der Waals surface area (Å²) in [6.45, 7) is 10.8. The molecule has 2 aromatic heterocycles. The largest absolute Gasteiger partial charge is 0.379 e. The highest BCUT2D eigenvalue weighted by Gasteiger charge is 2.41. The van der Waals surface area contributed by atoms with Crippen molar-refractivity contribution >= 4 is 22.7 Å². The summed E-state index contributed by atoms with van der Waals surface area (Å²) < 4.78 is 6.03. The maximum Gasteiger partial charge on any atom is 0.0593 e. The Morgan fingerprint density at radius 2 is 1.92 bits per heavy atom. The number of ether oxygens (including phenoxy) is 1. The van der Waals surface area contributed by atoms with Crippen LogP contribution in [0.3, 0.4) is 0 Å². The fourth-order valence-electron chi connectivity index (χ4n) is 4.04. The molecule has 0 bridgehead atoms. The van der Waals surface area contributed by atoms with E-state index in [4.69, 9.17) is 4.74 Å². The minimum Gasteiger partial charge on any atom is -0.379 e. The SMILES string of the molecule is Cc1ccc(CN2CCOC[C@]3(CCN(Cc4cccs4)C3)C2)s1. The summed E-state index contributed by atoms with van der Waals surface area (Å²) in [5.41, 5.74) is 0.320. The molecule has 24 heavy (non-hydrogen) atoms. The van der Waals surface area contributed by atoms with E-state index in [2.05, 4.69) is 46.4 Å². The van der Waals surface area contributed by atoms with Crippen molar-refractivity contribution in [2.75, 3.05) is 39.4 Å². The van der Waals surface area contributed by atoms with E-state index < -0.39 is 0 Å². The molecule has 0 N–H and O–H groups in total. The molecule has 2 fully saturated rings. The molecule has 0 amide bonds. The maximum atomic E-state index is 6.03. The molecule has 0 unspecified atom stereocenters. The van der Waals surface area contributed by atoms with Gasteiger partial charge in [0.2, 0.25) is 0 Å². The molecule has 3 nitrogen and oxygen atoms in total. The third-order valence-electron chi connectivity index (χ3n) is 5.17. The number of nitrogens with zero attached hydrogens (tertiary/aromatic N) is 2. The van der Waals surface area contributed by atoms with Crippen LogP contribution in [0.2, 0.25) is 0 Å². The smallest absolute Gasteiger partial charge is 0.0593 e. The molecule has 0 radical (unpaired) electrons. The fraction of sp³-hybridized carbons (Fsp3) is 0.579. The molecule has 2 aromatic rings. The number of hydrogen-bond donors (Lipinski definition) is 0. The lowest BCUT2D eigenvalue weighted by Gasteiger charge is -2.31. The summed E-state index contributed by atoms with van der Waals surface area (Å²) in [6.07, 6.45) is 1.26. The minimum absolute atomic E-state index is 0.320. The van der Waals surface area contributed by atoms with Crippen LogP contribution in [0, 0.1) is 12.3 Å². The first-order valence-corrected chi connectivity index (χ1v) is 10.5. The van der Waals surface area contributed by atoms with Crippen molar-refractivity contribution in [3.8, 4) is 0 Å². The highest BCUT2D eigenvalue weighted by atomic mass is 32.1. The molecular weight excluding hydrogens is 336 g/mol. The molecule has 0 aliphatic carbocycles. The highest BCUT2D eigenvalue weighted by Crippen LogP contribution is 2.35. The zero-order valence-corrected chi connectivity index (χ0v) is 16.0. The van der Waals surface area contributed by atoms with Gasteiger partial charge in [-0.05, 0) is 43.5 Å². The molecule has 2 aliphatic heterocycles. The Kier molecular flexibility index (Phi) is 5.06. The zero-order chi connectivity index (χ0) is 16.4. The summed E-state index contributed by atoms with van der Waals surface area (Å²) in [6, 6.07) is 8.94. The van der Waals surface area contributed by atoms with E-state index in [1.165, 1.54) is 40.7 Å². The van der Waals surface area contributed by atoms with Crippen molar-refractivity contribution in [2.45, 2.75) is 26.4 Å². The fourth-order valence-corrected chi connectivity index (χ4v) is 5.72. The Morgan fingerprint density at radius 1 is 1.08 bits per heavy atom. The third kappa shape index (κ3) is 3.92. The predicted molar refractivity (Wildman–Crippen MR) is 102 cm³/mol. The van der Waals surface area contributed by atoms with E-state index >= 15 is 0 Å². The lowest BCUT2D eigenvalue weighted by Crippen LogP contribution is -2.40. The lowest BCUT2D eigenvalue weighted by molar-refractivity contribution is 0.0707. The van der Waals surface area contributed by atoms with Gasteiger partial charge in [-0.2, -0.15) is 0 Å². The van der Waals surface area contributed by atoms with Gasteiger partial charge in [0.25, 0.3) is 0 Å². The summed E-state index contributed by atoms with van der Waals surface area (Å²) in [7, 11) is 0. The molecule has 1 atom stereocenters. The van der Waals surface area contributed by atoms with E-state index in [-0.39, 0.29) is 0 Å². The van der Waals surface area contributed by atoms with Crippen molar-refractivity contribution in [2.24, 2.45) is 5.41 Å². The first kappa shape index (κ1) is 16.7. The number of likely N-dealkylation sites (tertiary alicyclic amines) is 1. The third-order valence-corrected chi connectivity index (χ3v) is 7.02. The molecule has 2 aliphatic rings. The van der Waals surface area contributed by atoms with Crippen LogP contribution in [0.1, 0.15) is 21.1 Å². The van der Waals surface area contributed by atoms with Gasteiger partial charge in [0, 0.05) is 52.8 Å². The summed E-state index contributed by atoms with van der Waals surface area (Å²) >= 11 is 3.80. The van der Waals surface area contributed by atoms with Crippen molar-refractivity contribution in [3.05, 3.63) is 44.3 Å². The zero-order valence-electron chi connectivity index (χ0n) is 14.4. The normalized spacial score (nSPS) is 26.2. The second-order valence-electron chi connectivity index (χ2n) is 7.32. The Balaban J connectivity index is 1.40. The number of hydrogen-bond acceptors (Lipinski definition) is 5. The van der Waals surface area contributed by atoms with Gasteiger partial charge < -0.3 is 4.74 Å². The Bertz CT molecular complexity index is 654. The average molecular weight is 363 g/mol. The summed E-state index contributed by atoms with van der Waals surface area (Å²) in [5, 5.41) is 2.18. The van der Waals surface area contributed by atoms with Gasteiger partial charge in [0.05, 0.1) is 13.2 Å². The van der Waals surface area contributed by atoms with E-state index in [9.17, 15) is 0 Å². The molecule has 2 saturated heterocycles. The first-order chi connectivity index (χ1) is 11.7. The Hall–Kier alpha value is -0.720. The van der Waals surface area contributed by atoms with Crippen LogP contribution >= 0.6 is 22.7 Å². The molecule has 4 rings (SSSR count). The Morgan fingerprint density at radius 3 is 2.67 bits per heavy atom. The molecular formula is C19H26N2OS2. The van der Waals surface area contributed by atoms with Crippen molar-refractivity contribution in [1.82, 2.24) is 9.80 Å². The second-order valence-corrected chi connectivity index (χ2v) is 9.72.